The van der Waals surface area contributed by atoms with Crippen LogP contribution in [0.15, 0.2) is 12.1 Å². The van der Waals surface area contributed by atoms with Gasteiger partial charge in [-0.05, 0) is 54.4 Å². The summed E-state index contributed by atoms with van der Waals surface area (Å²) in [5, 5.41) is 10.6. The Morgan fingerprint density at radius 2 is 1.91 bits per heavy atom. The Morgan fingerprint density at radius 3 is 2.57 bits per heavy atom. The van der Waals surface area contributed by atoms with E-state index in [2.05, 4.69) is 30.9 Å². The number of nitrogens with zero attached hydrogens (tertiary/aromatic N) is 1. The van der Waals surface area contributed by atoms with Crippen LogP contribution in [0.4, 0.5) is 0 Å². The highest BCUT2D eigenvalue weighted by atomic mass is 16.5. The second-order valence-electron chi connectivity index (χ2n) is 7.36. The molecule has 23 heavy (non-hydrogen) atoms. The SMILES string of the molecule is COc1cc2c(cc1OC)C1C[C@H](O)C(CC(C)C)CN1CC2. The van der Waals surface area contributed by atoms with Crippen LogP contribution < -0.4 is 9.47 Å². The molecule has 3 atom stereocenters. The van der Waals surface area contributed by atoms with Crippen LogP contribution in [0.1, 0.15) is 43.9 Å². The van der Waals surface area contributed by atoms with Crippen LogP contribution in [0.2, 0.25) is 0 Å². The summed E-state index contributed by atoms with van der Waals surface area (Å²) in [5.41, 5.74) is 2.63. The largest absolute Gasteiger partial charge is 0.493 e. The van der Waals surface area contributed by atoms with Crippen molar-refractivity contribution in [2.75, 3.05) is 27.3 Å². The van der Waals surface area contributed by atoms with E-state index in [9.17, 15) is 5.11 Å². The van der Waals surface area contributed by atoms with E-state index in [1.54, 1.807) is 14.2 Å². The lowest BCUT2D eigenvalue weighted by molar-refractivity contribution is -0.0191. The van der Waals surface area contributed by atoms with Gasteiger partial charge in [-0.15, -0.1) is 0 Å². The van der Waals surface area contributed by atoms with E-state index in [0.29, 0.717) is 17.9 Å². The number of hydrogen-bond acceptors (Lipinski definition) is 4. The van der Waals surface area contributed by atoms with Crippen LogP contribution in [0, 0.1) is 11.8 Å². The second kappa shape index (κ2) is 6.70. The first-order chi connectivity index (χ1) is 11.0. The van der Waals surface area contributed by atoms with Gasteiger partial charge in [-0.25, -0.2) is 0 Å². The molecule has 2 aliphatic heterocycles. The highest BCUT2D eigenvalue weighted by Gasteiger charge is 2.38. The maximum Gasteiger partial charge on any atom is 0.161 e. The van der Waals surface area contributed by atoms with Crippen LogP contribution in [0.3, 0.4) is 0 Å². The van der Waals surface area contributed by atoms with Gasteiger partial charge in [-0.1, -0.05) is 13.8 Å². The molecule has 0 amide bonds. The van der Waals surface area contributed by atoms with Crippen LogP contribution in [-0.4, -0.2) is 43.4 Å². The molecule has 0 radical (unpaired) electrons. The zero-order valence-electron chi connectivity index (χ0n) is 14.7. The lowest BCUT2D eigenvalue weighted by Gasteiger charge is -2.46. The van der Waals surface area contributed by atoms with Gasteiger partial charge in [0, 0.05) is 19.1 Å². The number of fused-ring (bicyclic) bond motifs is 3. The Balaban J connectivity index is 1.87. The summed E-state index contributed by atoms with van der Waals surface area (Å²) in [7, 11) is 3.36. The number of ether oxygens (including phenoxy) is 2. The van der Waals surface area contributed by atoms with E-state index in [1.165, 1.54) is 11.1 Å². The predicted octanol–water partition coefficient (Wildman–Crippen LogP) is 3.03. The number of rotatable bonds is 4. The van der Waals surface area contributed by atoms with Crippen molar-refractivity contribution in [1.82, 2.24) is 4.90 Å². The van der Waals surface area contributed by atoms with E-state index in [-0.39, 0.29) is 6.10 Å². The molecule has 4 heteroatoms. The van der Waals surface area contributed by atoms with Crippen molar-refractivity contribution in [3.8, 4) is 11.5 Å². The summed E-state index contributed by atoms with van der Waals surface area (Å²) in [4.78, 5) is 2.55. The van der Waals surface area contributed by atoms with E-state index in [4.69, 9.17) is 9.47 Å². The zero-order valence-corrected chi connectivity index (χ0v) is 14.7. The highest BCUT2D eigenvalue weighted by Crippen LogP contribution is 2.43. The zero-order chi connectivity index (χ0) is 16.6. The van der Waals surface area contributed by atoms with Gasteiger partial charge in [0.1, 0.15) is 0 Å². The number of hydrogen-bond donors (Lipinski definition) is 1. The van der Waals surface area contributed by atoms with E-state index in [0.717, 1.165) is 43.9 Å². The third kappa shape index (κ3) is 3.20. The third-order valence-corrected chi connectivity index (χ3v) is 5.37. The number of aliphatic hydroxyl groups is 1. The molecule has 0 aliphatic carbocycles. The number of benzene rings is 1. The summed E-state index contributed by atoms with van der Waals surface area (Å²) in [5.74, 6) is 2.61. The van der Waals surface area contributed by atoms with Gasteiger partial charge in [0.15, 0.2) is 11.5 Å². The van der Waals surface area contributed by atoms with Gasteiger partial charge in [0.25, 0.3) is 0 Å². The van der Waals surface area contributed by atoms with Crippen molar-refractivity contribution in [1.29, 1.82) is 0 Å². The summed E-state index contributed by atoms with van der Waals surface area (Å²) < 4.78 is 10.9. The van der Waals surface area contributed by atoms with Crippen molar-refractivity contribution in [3.63, 3.8) is 0 Å². The Labute approximate surface area is 139 Å². The number of piperidine rings is 1. The smallest absolute Gasteiger partial charge is 0.161 e. The average Bonchev–Trinajstić information content (AvgIpc) is 2.53. The Bertz CT molecular complexity index is 558. The molecular formula is C19H29NO3. The van der Waals surface area contributed by atoms with E-state index < -0.39 is 0 Å². The molecule has 2 heterocycles. The number of aliphatic hydroxyl groups excluding tert-OH is 1. The summed E-state index contributed by atoms with van der Waals surface area (Å²) in [6, 6.07) is 4.52. The number of methoxy groups -OCH3 is 2. The van der Waals surface area contributed by atoms with Crippen molar-refractivity contribution >= 4 is 0 Å². The average molecular weight is 319 g/mol. The molecular weight excluding hydrogens is 290 g/mol. The molecule has 0 aromatic heterocycles. The summed E-state index contributed by atoms with van der Waals surface area (Å²) in [6.07, 6.45) is 2.75. The molecule has 1 N–H and O–H groups in total. The first kappa shape index (κ1) is 16.6. The van der Waals surface area contributed by atoms with Crippen LogP contribution >= 0.6 is 0 Å². The lowest BCUT2D eigenvalue weighted by Crippen LogP contribution is -2.48. The first-order valence-electron chi connectivity index (χ1n) is 8.70. The summed E-state index contributed by atoms with van der Waals surface area (Å²) in [6.45, 7) is 6.54. The minimum absolute atomic E-state index is 0.210. The molecule has 1 saturated heterocycles. The monoisotopic (exact) mass is 319 g/mol. The van der Waals surface area contributed by atoms with Crippen molar-refractivity contribution in [3.05, 3.63) is 23.3 Å². The van der Waals surface area contributed by atoms with Crippen LogP contribution in [-0.2, 0) is 6.42 Å². The van der Waals surface area contributed by atoms with Gasteiger partial charge >= 0.3 is 0 Å². The van der Waals surface area contributed by atoms with Gasteiger partial charge in [-0.3, -0.25) is 4.90 Å². The minimum atomic E-state index is -0.210. The van der Waals surface area contributed by atoms with E-state index >= 15 is 0 Å². The fourth-order valence-electron chi connectivity index (χ4n) is 4.26. The second-order valence-corrected chi connectivity index (χ2v) is 7.36. The maximum absolute atomic E-state index is 10.6. The van der Waals surface area contributed by atoms with Gasteiger partial charge in [0.2, 0.25) is 0 Å². The highest BCUT2D eigenvalue weighted by molar-refractivity contribution is 5.49. The molecule has 1 aromatic rings. The maximum atomic E-state index is 10.6. The lowest BCUT2D eigenvalue weighted by atomic mass is 9.79. The molecule has 0 bridgehead atoms. The molecule has 2 aliphatic rings. The molecule has 4 nitrogen and oxygen atoms in total. The molecule has 2 unspecified atom stereocenters. The third-order valence-electron chi connectivity index (χ3n) is 5.37. The molecule has 128 valence electrons. The molecule has 3 rings (SSSR count). The van der Waals surface area contributed by atoms with Crippen LogP contribution in [0.25, 0.3) is 0 Å². The topological polar surface area (TPSA) is 41.9 Å². The fraction of sp³-hybridized carbons (Fsp3) is 0.684. The first-order valence-corrected chi connectivity index (χ1v) is 8.70. The Hall–Kier alpha value is -1.26. The molecule has 1 fully saturated rings. The molecule has 1 aromatic carbocycles. The van der Waals surface area contributed by atoms with Gasteiger partial charge in [-0.2, -0.15) is 0 Å². The van der Waals surface area contributed by atoms with Crippen molar-refractivity contribution in [2.45, 2.75) is 45.3 Å². The minimum Gasteiger partial charge on any atom is -0.493 e. The van der Waals surface area contributed by atoms with E-state index in [1.807, 2.05) is 0 Å². The van der Waals surface area contributed by atoms with Crippen LogP contribution in [0.5, 0.6) is 11.5 Å². The van der Waals surface area contributed by atoms with Gasteiger partial charge < -0.3 is 14.6 Å². The molecule has 0 spiro atoms. The normalized spacial score (nSPS) is 27.5. The fourth-order valence-corrected chi connectivity index (χ4v) is 4.26. The molecule has 0 saturated carbocycles. The Kier molecular flexibility index (Phi) is 4.83. The Morgan fingerprint density at radius 1 is 1.22 bits per heavy atom. The summed E-state index contributed by atoms with van der Waals surface area (Å²) >= 11 is 0. The quantitative estimate of drug-likeness (QED) is 0.926. The standard InChI is InChI=1S/C19H29NO3/c1-12(2)7-14-11-20-6-5-13-8-18(22-3)19(23-4)9-15(13)16(20)10-17(14)21/h8-9,12,14,16-17,21H,5-7,10-11H2,1-4H3/t14?,16?,17-/m0/s1. The van der Waals surface area contributed by atoms with Gasteiger partial charge in [0.05, 0.1) is 20.3 Å². The van der Waals surface area contributed by atoms with Crippen molar-refractivity contribution < 1.29 is 14.6 Å². The predicted molar refractivity (Wildman–Crippen MR) is 91.1 cm³/mol. The van der Waals surface area contributed by atoms with Crippen molar-refractivity contribution in [2.24, 2.45) is 11.8 Å².